The number of rotatable bonds is 16. The van der Waals surface area contributed by atoms with Gasteiger partial charge in [-0.1, -0.05) is 43.0 Å². The summed E-state index contributed by atoms with van der Waals surface area (Å²) in [4.78, 5) is 55.4. The van der Waals surface area contributed by atoms with Crippen LogP contribution < -0.4 is 30.7 Å². The molecule has 11 rings (SSSR count). The Kier molecular flexibility index (Phi) is 16.0. The number of thiophene rings is 2. The van der Waals surface area contributed by atoms with Crippen LogP contribution in [0.2, 0.25) is 5.02 Å². The van der Waals surface area contributed by atoms with Gasteiger partial charge >= 0.3 is 12.0 Å². The Labute approximate surface area is 499 Å². The first kappa shape index (κ1) is 58.4. The number of aromatic nitrogens is 4. The van der Waals surface area contributed by atoms with Crippen molar-refractivity contribution in [2.75, 3.05) is 74.8 Å². The molecule has 4 aromatic heterocycles. The number of nitrogens with zero attached hydrogens (tertiary/aromatic N) is 11. The molecule has 0 saturated carbocycles. The number of carbonyl (C=O) groups excluding carboxylic acids is 2. The largest absolute Gasteiger partial charge is 0.464 e. The number of benzene rings is 4. The molecule has 24 heteroatoms. The van der Waals surface area contributed by atoms with E-state index in [4.69, 9.17) is 42.5 Å². The summed E-state index contributed by atoms with van der Waals surface area (Å²) >= 11 is 8.79. The lowest BCUT2D eigenvalue weighted by Gasteiger charge is -2.33. The summed E-state index contributed by atoms with van der Waals surface area (Å²) < 4.78 is 77.1. The average molecular weight is 1210 g/mol. The number of nitrogens with two attached hydrogens (primary N) is 2. The number of likely N-dealkylation sites (N-methyl/N-ethyl adjacent to an activating group) is 2. The second-order valence-corrected chi connectivity index (χ2v) is 24.0. The molecule has 8 aromatic rings. The first-order chi connectivity index (χ1) is 40.8. The molecule has 0 radical (unpaired) electrons. The van der Waals surface area contributed by atoms with E-state index in [-0.39, 0.29) is 152 Å². The number of anilines is 4. The van der Waals surface area contributed by atoms with Crippen LogP contribution in [0.5, 0.6) is 12.0 Å². The van der Waals surface area contributed by atoms with E-state index in [1.54, 1.807) is 42.0 Å². The Morgan fingerprint density at radius 3 is 1.94 bits per heavy atom. The van der Waals surface area contributed by atoms with Crippen molar-refractivity contribution in [2.45, 2.75) is 83.1 Å². The predicted molar refractivity (Wildman–Crippen MR) is 325 cm³/mol. The number of nitriles is 2. The quantitative estimate of drug-likeness (QED) is 0.0679. The third kappa shape index (κ3) is 10.1. The first-order valence-corrected chi connectivity index (χ1v) is 29.7. The lowest BCUT2D eigenvalue weighted by molar-refractivity contribution is -0.128. The highest BCUT2D eigenvalue weighted by molar-refractivity contribution is 7.23. The molecular weight excluding hydrogens is 1150 g/mol. The number of fused-ring (bicyclic) bond motifs is 4. The molecule has 5 atom stereocenters. The zero-order chi connectivity index (χ0) is 60.4. The van der Waals surface area contributed by atoms with Gasteiger partial charge in [0.05, 0.1) is 44.2 Å². The number of nitrogen functional groups attached to an aromatic ring is 2. The number of halogens is 5. The maximum Gasteiger partial charge on any atom is 0.319 e. The van der Waals surface area contributed by atoms with E-state index in [1.165, 1.54) is 30.3 Å². The molecule has 7 heterocycles. The van der Waals surface area contributed by atoms with Crippen molar-refractivity contribution >= 4 is 110 Å². The minimum absolute atomic E-state index is 0.000225. The van der Waals surface area contributed by atoms with Gasteiger partial charge in [-0.2, -0.15) is 30.5 Å². The Balaban J connectivity index is 0.811. The molecule has 85 heavy (non-hydrogen) atoms. The van der Waals surface area contributed by atoms with Crippen LogP contribution in [0.1, 0.15) is 64.0 Å². The number of hydrogen-bond acceptors (Lipinski definition) is 17. The van der Waals surface area contributed by atoms with Gasteiger partial charge in [-0.15, -0.1) is 22.7 Å². The maximum atomic E-state index is 17.5. The summed E-state index contributed by atoms with van der Waals surface area (Å²) in [5, 5.41) is 21.2. The summed E-state index contributed by atoms with van der Waals surface area (Å²) in [5.41, 5.74) is 13.0. The van der Waals surface area contributed by atoms with Crippen molar-refractivity contribution in [3.8, 4) is 46.4 Å². The fourth-order valence-corrected chi connectivity index (χ4v) is 14.8. The lowest BCUT2D eigenvalue weighted by Crippen LogP contribution is -2.45. The van der Waals surface area contributed by atoms with Gasteiger partial charge in [0, 0.05) is 90.1 Å². The topological polar surface area (TPSA) is 220 Å². The average Bonchev–Trinajstić information content (AvgIpc) is 2.17. The molecule has 4 aromatic carbocycles. The molecule has 3 aliphatic rings. The lowest BCUT2D eigenvalue weighted by atomic mass is 9.97. The monoisotopic (exact) mass is 1210 g/mol. The van der Waals surface area contributed by atoms with Gasteiger partial charge in [0.25, 0.3) is 0 Å². The van der Waals surface area contributed by atoms with Gasteiger partial charge < -0.3 is 40.5 Å². The van der Waals surface area contributed by atoms with Crippen LogP contribution in [-0.2, 0) is 9.59 Å². The Bertz CT molecular complexity index is 4190. The van der Waals surface area contributed by atoms with E-state index in [2.05, 4.69) is 28.0 Å². The Morgan fingerprint density at radius 1 is 0.776 bits per heavy atom. The fourth-order valence-electron chi connectivity index (χ4n) is 12.6. The molecule has 4 N–H and O–H groups in total. The number of amides is 2. The maximum absolute atomic E-state index is 17.5. The predicted octanol–water partition coefficient (Wildman–Crippen LogP) is 11.4. The van der Waals surface area contributed by atoms with E-state index in [1.807, 2.05) is 42.8 Å². The molecule has 3 fully saturated rings. The zero-order valence-electron chi connectivity index (χ0n) is 47.1. The molecule has 3 saturated heterocycles. The Morgan fingerprint density at radius 2 is 1.33 bits per heavy atom. The van der Waals surface area contributed by atoms with E-state index in [0.717, 1.165) is 35.5 Å². The summed E-state index contributed by atoms with van der Waals surface area (Å²) in [5.74, 6) is -2.50. The molecule has 0 spiro atoms. The van der Waals surface area contributed by atoms with Crippen molar-refractivity contribution in [2.24, 2.45) is 0 Å². The van der Waals surface area contributed by atoms with Gasteiger partial charge in [-0.3, -0.25) is 14.5 Å². The number of hydrogen-bond donors (Lipinski definition) is 2. The molecule has 2 amide bonds. The van der Waals surface area contributed by atoms with Crippen molar-refractivity contribution in [3.63, 3.8) is 0 Å². The third-order valence-electron chi connectivity index (χ3n) is 17.0. The molecular formula is C61H58ClF4N13O4S2. The van der Waals surface area contributed by atoms with Crippen LogP contribution in [0.25, 0.3) is 64.2 Å². The first-order valence-electron chi connectivity index (χ1n) is 27.7. The SMILES string of the molecule is C=CC(=O)N1CC[C@@H](N(C)c2nc(OC[C@@H]3CCCN3CCC(=C)C(=O)N3CCC(N(C)c4nc(OCC)nc5c(F)c(-c6ccc(F)c7sc(N)c(C#N)c67)ccc45)C3C)nc3c(F)c(-c4ccc(F)c5sc(N)c(C#N)c45)c(Cl)cc23)[C@H]1C. The second-order valence-electron chi connectivity index (χ2n) is 21.5. The van der Waals surface area contributed by atoms with E-state index >= 15 is 17.6 Å². The molecule has 0 bridgehead atoms. The Hall–Kier alpha value is -8.35. The van der Waals surface area contributed by atoms with Gasteiger partial charge in [-0.25, -0.2) is 17.6 Å². The normalized spacial score (nSPS) is 18.8. The molecule has 17 nitrogen and oxygen atoms in total. The smallest absolute Gasteiger partial charge is 0.319 e. The fraction of sp³-hybridized carbons (Fsp3) is 0.344. The minimum atomic E-state index is -0.847. The van der Waals surface area contributed by atoms with Crippen LogP contribution in [0, 0.1) is 45.9 Å². The summed E-state index contributed by atoms with van der Waals surface area (Å²) in [6.45, 7) is 15.9. The second kappa shape index (κ2) is 23.3. The van der Waals surface area contributed by atoms with Gasteiger partial charge in [0.2, 0.25) is 11.8 Å². The molecule has 3 aliphatic heterocycles. The number of carbonyl (C=O) groups is 2. The van der Waals surface area contributed by atoms with Crippen LogP contribution in [0.3, 0.4) is 0 Å². The minimum Gasteiger partial charge on any atom is -0.464 e. The van der Waals surface area contributed by atoms with Crippen LogP contribution >= 0.6 is 34.3 Å². The summed E-state index contributed by atoms with van der Waals surface area (Å²) in [6, 6.07) is 12.6. The van der Waals surface area contributed by atoms with Gasteiger partial charge in [0.1, 0.15) is 63.1 Å². The summed E-state index contributed by atoms with van der Waals surface area (Å²) in [7, 11) is 3.64. The van der Waals surface area contributed by atoms with Crippen molar-refractivity contribution in [3.05, 3.63) is 107 Å². The zero-order valence-corrected chi connectivity index (χ0v) is 49.5. The van der Waals surface area contributed by atoms with Gasteiger partial charge in [0.15, 0.2) is 11.6 Å². The van der Waals surface area contributed by atoms with Crippen molar-refractivity contribution < 1.29 is 36.6 Å². The molecule has 438 valence electrons. The summed E-state index contributed by atoms with van der Waals surface area (Å²) in [6.07, 6.45) is 4.35. The van der Waals surface area contributed by atoms with E-state index < -0.39 is 23.3 Å². The number of ether oxygens (including phenoxy) is 2. The van der Waals surface area contributed by atoms with Crippen molar-refractivity contribution in [1.29, 1.82) is 10.5 Å². The molecule has 0 aliphatic carbocycles. The van der Waals surface area contributed by atoms with Crippen LogP contribution in [0.4, 0.5) is 39.2 Å². The van der Waals surface area contributed by atoms with Crippen LogP contribution in [0.15, 0.2) is 67.3 Å². The van der Waals surface area contributed by atoms with Crippen LogP contribution in [-0.4, -0.2) is 130 Å². The highest BCUT2D eigenvalue weighted by Gasteiger charge is 2.40. The van der Waals surface area contributed by atoms with Crippen molar-refractivity contribution in [1.82, 2.24) is 34.6 Å². The van der Waals surface area contributed by atoms with E-state index in [9.17, 15) is 20.1 Å². The highest BCUT2D eigenvalue weighted by atomic mass is 35.5. The van der Waals surface area contributed by atoms with Gasteiger partial charge in [-0.05, 0) is 101 Å². The number of likely N-dealkylation sites (tertiary alicyclic amines) is 3. The standard InChI is InChI=1S/C61H58ClF4N13O4S2/c1-8-45(80)78-23-19-43(30(78)4)76(7)58-37-25-40(62)48(35-15-17-42(64)54-47(35)39(27-68)56(70)85-54)50(66)52(37)72-61(74-58)83-28-32-11-10-21-77(32)22-18-29(3)59(81)79-24-20-44(31(79)5)75(6)57-36-13-12-34(49(65)51(36)71-60(73-57)82-9-2)33-14-16-41(63)53-46(33)38(26-67)55(69)84-53/h8,12-17,25,30-32,43-44H,1,3,9-11,18-24,28,69-70H2,2,4-7H3/t30-,31?,32+,43-,44?/m1/s1. The van der Waals surface area contributed by atoms with E-state index in [0.29, 0.717) is 68.0 Å². The highest BCUT2D eigenvalue weighted by Crippen LogP contribution is 2.47. The molecule has 2 unspecified atom stereocenters. The third-order valence-corrected chi connectivity index (χ3v) is 19.4.